The van der Waals surface area contributed by atoms with Gasteiger partial charge < -0.3 is 5.32 Å². The van der Waals surface area contributed by atoms with Gasteiger partial charge in [0, 0.05) is 5.69 Å². The van der Waals surface area contributed by atoms with Crippen LogP contribution in [0.4, 0.5) is 15.2 Å². The zero-order chi connectivity index (χ0) is 19.1. The van der Waals surface area contributed by atoms with Crippen molar-refractivity contribution in [3.05, 3.63) is 75.0 Å². The van der Waals surface area contributed by atoms with Crippen LogP contribution in [0.1, 0.15) is 11.1 Å². The van der Waals surface area contributed by atoms with Crippen molar-refractivity contribution in [2.45, 2.75) is 13.8 Å². The summed E-state index contributed by atoms with van der Waals surface area (Å²) in [4.78, 5) is 21.6. The molecule has 4 aromatic rings. The molecule has 0 spiro atoms. The first-order chi connectivity index (χ1) is 12.9. The molecule has 0 saturated carbocycles. The van der Waals surface area contributed by atoms with E-state index in [0.29, 0.717) is 37.4 Å². The van der Waals surface area contributed by atoms with Gasteiger partial charge in [0.1, 0.15) is 16.8 Å². The predicted octanol–water partition coefficient (Wildman–Crippen LogP) is 5.00. The number of nitrogens with zero attached hydrogens (tertiary/aromatic N) is 3. The van der Waals surface area contributed by atoms with Crippen LogP contribution in [0.2, 0.25) is 5.02 Å². The maximum absolute atomic E-state index is 13.7. The monoisotopic (exact) mass is 400 g/mol. The SMILES string of the molecule is Cc1ccc(Nc2nc3ncn(-c4c(C)cccc4Cl)c(=O)c3s2)cc1F. The number of hydrogen-bond donors (Lipinski definition) is 1. The summed E-state index contributed by atoms with van der Waals surface area (Å²) in [7, 11) is 0. The number of hydrogen-bond acceptors (Lipinski definition) is 5. The molecule has 0 unspecified atom stereocenters. The summed E-state index contributed by atoms with van der Waals surface area (Å²) in [5.41, 5.74) is 2.66. The van der Waals surface area contributed by atoms with E-state index in [-0.39, 0.29) is 11.4 Å². The molecule has 0 radical (unpaired) electrons. The lowest BCUT2D eigenvalue weighted by molar-refractivity contribution is 0.619. The van der Waals surface area contributed by atoms with Gasteiger partial charge in [0.15, 0.2) is 10.8 Å². The topological polar surface area (TPSA) is 59.8 Å². The fourth-order valence-electron chi connectivity index (χ4n) is 2.75. The molecule has 0 bridgehead atoms. The van der Waals surface area contributed by atoms with Crippen molar-refractivity contribution in [2.24, 2.45) is 0 Å². The largest absolute Gasteiger partial charge is 0.331 e. The van der Waals surface area contributed by atoms with E-state index in [1.807, 2.05) is 19.1 Å². The van der Waals surface area contributed by atoms with Crippen molar-refractivity contribution in [3.63, 3.8) is 0 Å². The highest BCUT2D eigenvalue weighted by Gasteiger charge is 2.15. The number of aryl methyl sites for hydroxylation is 2. The van der Waals surface area contributed by atoms with E-state index >= 15 is 0 Å². The van der Waals surface area contributed by atoms with Gasteiger partial charge >= 0.3 is 0 Å². The molecule has 0 aliphatic rings. The van der Waals surface area contributed by atoms with Gasteiger partial charge in [-0.25, -0.2) is 9.37 Å². The molecule has 0 aliphatic heterocycles. The van der Waals surface area contributed by atoms with E-state index in [9.17, 15) is 9.18 Å². The van der Waals surface area contributed by atoms with Gasteiger partial charge in [-0.05, 0) is 43.2 Å². The summed E-state index contributed by atoms with van der Waals surface area (Å²) < 4.78 is 15.6. The van der Waals surface area contributed by atoms with Crippen molar-refractivity contribution >= 4 is 44.1 Å². The summed E-state index contributed by atoms with van der Waals surface area (Å²) in [5, 5.41) is 3.96. The molecule has 0 atom stereocenters. The first-order valence-electron chi connectivity index (χ1n) is 8.11. The number of halogens is 2. The Kier molecular flexibility index (Phi) is 4.41. The zero-order valence-corrected chi connectivity index (χ0v) is 16.0. The Labute approximate surface area is 163 Å². The Morgan fingerprint density at radius 1 is 1.19 bits per heavy atom. The van der Waals surface area contributed by atoms with E-state index in [1.165, 1.54) is 28.3 Å². The molecule has 0 aliphatic carbocycles. The van der Waals surface area contributed by atoms with Gasteiger partial charge in [-0.2, -0.15) is 4.98 Å². The lowest BCUT2D eigenvalue weighted by Crippen LogP contribution is -2.19. The summed E-state index contributed by atoms with van der Waals surface area (Å²) in [6, 6.07) is 10.3. The highest BCUT2D eigenvalue weighted by atomic mass is 35.5. The lowest BCUT2D eigenvalue weighted by Gasteiger charge is -2.10. The fraction of sp³-hybridized carbons (Fsp3) is 0.105. The van der Waals surface area contributed by atoms with Crippen LogP contribution in [-0.2, 0) is 0 Å². The van der Waals surface area contributed by atoms with Gasteiger partial charge in [0.05, 0.1) is 10.7 Å². The van der Waals surface area contributed by atoms with E-state index < -0.39 is 0 Å². The Morgan fingerprint density at radius 3 is 2.74 bits per heavy atom. The number of thiazole rings is 1. The minimum Gasteiger partial charge on any atom is -0.331 e. The second kappa shape index (κ2) is 6.75. The average Bonchev–Trinajstić information content (AvgIpc) is 3.03. The minimum absolute atomic E-state index is 0.253. The third kappa shape index (κ3) is 3.20. The van der Waals surface area contributed by atoms with Crippen LogP contribution in [0.5, 0.6) is 0 Å². The molecule has 2 aromatic carbocycles. The Hall–Kier alpha value is -2.77. The zero-order valence-electron chi connectivity index (χ0n) is 14.5. The molecule has 2 heterocycles. The predicted molar refractivity (Wildman–Crippen MR) is 107 cm³/mol. The average molecular weight is 401 g/mol. The van der Waals surface area contributed by atoms with Crippen LogP contribution in [0, 0.1) is 19.7 Å². The summed E-state index contributed by atoms with van der Waals surface area (Å²) >= 11 is 7.45. The molecule has 0 fully saturated rings. The molecule has 4 rings (SSSR count). The summed E-state index contributed by atoms with van der Waals surface area (Å²) in [5.74, 6) is -0.309. The van der Waals surface area contributed by atoms with Gasteiger partial charge in [0.25, 0.3) is 5.56 Å². The van der Waals surface area contributed by atoms with Crippen LogP contribution in [0.3, 0.4) is 0 Å². The Bertz CT molecular complexity index is 1210. The molecule has 8 heteroatoms. The second-order valence-electron chi connectivity index (χ2n) is 6.09. The summed E-state index contributed by atoms with van der Waals surface area (Å²) in [6.07, 6.45) is 1.42. The van der Waals surface area contributed by atoms with E-state index in [4.69, 9.17) is 11.6 Å². The van der Waals surface area contributed by atoms with Crippen molar-refractivity contribution in [2.75, 3.05) is 5.32 Å². The highest BCUT2D eigenvalue weighted by Crippen LogP contribution is 2.27. The van der Waals surface area contributed by atoms with Crippen LogP contribution in [0.15, 0.2) is 47.5 Å². The first-order valence-corrected chi connectivity index (χ1v) is 9.30. The van der Waals surface area contributed by atoms with Gasteiger partial charge in [0.2, 0.25) is 0 Å². The quantitative estimate of drug-likeness (QED) is 0.526. The first kappa shape index (κ1) is 17.6. The standard InChI is InChI=1S/C19H14ClFN4OS/c1-10-6-7-12(8-14(10)21)23-19-24-17-16(27-19)18(26)25(9-22-17)15-11(2)4-3-5-13(15)20/h3-9H,1-2H3,(H,23,24). The molecule has 1 N–H and O–H groups in total. The highest BCUT2D eigenvalue weighted by molar-refractivity contribution is 7.22. The van der Waals surface area contributed by atoms with E-state index in [1.54, 1.807) is 25.1 Å². The maximum atomic E-state index is 13.7. The van der Waals surface area contributed by atoms with Crippen molar-refractivity contribution < 1.29 is 4.39 Å². The van der Waals surface area contributed by atoms with Gasteiger partial charge in [-0.3, -0.25) is 9.36 Å². The number of benzene rings is 2. The minimum atomic E-state index is -0.309. The molecule has 136 valence electrons. The van der Waals surface area contributed by atoms with Crippen LogP contribution >= 0.6 is 22.9 Å². The molecule has 0 saturated heterocycles. The number of para-hydroxylation sites is 1. The number of fused-ring (bicyclic) bond motifs is 1. The lowest BCUT2D eigenvalue weighted by atomic mass is 10.2. The van der Waals surface area contributed by atoms with Crippen molar-refractivity contribution in [1.82, 2.24) is 14.5 Å². The van der Waals surface area contributed by atoms with E-state index in [2.05, 4.69) is 15.3 Å². The fourth-order valence-corrected chi connectivity index (χ4v) is 3.93. The van der Waals surface area contributed by atoms with Gasteiger partial charge in [-0.1, -0.05) is 41.1 Å². The molecule has 0 amide bonds. The number of anilines is 2. The molecule has 5 nitrogen and oxygen atoms in total. The smallest absolute Gasteiger partial charge is 0.277 e. The van der Waals surface area contributed by atoms with Crippen LogP contribution < -0.4 is 10.9 Å². The third-order valence-electron chi connectivity index (χ3n) is 4.17. The normalized spacial score (nSPS) is 11.1. The number of rotatable bonds is 3. The van der Waals surface area contributed by atoms with Crippen LogP contribution in [-0.4, -0.2) is 14.5 Å². The Balaban J connectivity index is 1.78. The van der Waals surface area contributed by atoms with Crippen molar-refractivity contribution in [3.8, 4) is 5.69 Å². The molecule has 27 heavy (non-hydrogen) atoms. The number of nitrogens with one attached hydrogen (secondary N) is 1. The summed E-state index contributed by atoms with van der Waals surface area (Å²) in [6.45, 7) is 3.57. The van der Waals surface area contributed by atoms with E-state index in [0.717, 1.165) is 5.56 Å². The van der Waals surface area contributed by atoms with Gasteiger partial charge in [-0.15, -0.1) is 0 Å². The molecular weight excluding hydrogens is 387 g/mol. The maximum Gasteiger partial charge on any atom is 0.277 e. The second-order valence-corrected chi connectivity index (χ2v) is 7.49. The molecule has 2 aromatic heterocycles. The number of aromatic nitrogens is 3. The molecular formula is C19H14ClFN4OS. The van der Waals surface area contributed by atoms with Crippen LogP contribution in [0.25, 0.3) is 16.0 Å². The Morgan fingerprint density at radius 2 is 2.00 bits per heavy atom. The third-order valence-corrected chi connectivity index (χ3v) is 5.42. The van der Waals surface area contributed by atoms with Crippen molar-refractivity contribution in [1.29, 1.82) is 0 Å².